The SMILES string of the molecule is CC(C)C[C@@H](c1cccc(F)c1)N1CCNCC1.Cl. The van der Waals surface area contributed by atoms with Crippen molar-refractivity contribution in [2.75, 3.05) is 26.2 Å². The van der Waals surface area contributed by atoms with E-state index in [1.807, 2.05) is 6.07 Å². The van der Waals surface area contributed by atoms with Crippen LogP contribution in [0.1, 0.15) is 31.9 Å². The maximum absolute atomic E-state index is 13.4. The summed E-state index contributed by atoms with van der Waals surface area (Å²) in [6.45, 7) is 8.62. The Morgan fingerprint density at radius 3 is 2.53 bits per heavy atom. The second kappa shape index (κ2) is 7.83. The summed E-state index contributed by atoms with van der Waals surface area (Å²) >= 11 is 0. The van der Waals surface area contributed by atoms with Crippen molar-refractivity contribution in [3.05, 3.63) is 35.6 Å². The van der Waals surface area contributed by atoms with Gasteiger partial charge in [0.2, 0.25) is 0 Å². The summed E-state index contributed by atoms with van der Waals surface area (Å²) in [5.74, 6) is 0.490. The summed E-state index contributed by atoms with van der Waals surface area (Å²) in [5, 5.41) is 3.37. The highest BCUT2D eigenvalue weighted by Gasteiger charge is 2.23. The van der Waals surface area contributed by atoms with Crippen molar-refractivity contribution in [3.63, 3.8) is 0 Å². The molecule has 19 heavy (non-hydrogen) atoms. The van der Waals surface area contributed by atoms with Gasteiger partial charge in [0, 0.05) is 32.2 Å². The van der Waals surface area contributed by atoms with E-state index in [-0.39, 0.29) is 18.2 Å². The van der Waals surface area contributed by atoms with E-state index < -0.39 is 0 Å². The van der Waals surface area contributed by atoms with E-state index in [2.05, 4.69) is 30.1 Å². The van der Waals surface area contributed by atoms with Gasteiger partial charge < -0.3 is 5.32 Å². The maximum Gasteiger partial charge on any atom is 0.123 e. The molecular weight excluding hydrogens is 263 g/mol. The van der Waals surface area contributed by atoms with Gasteiger partial charge >= 0.3 is 0 Å². The van der Waals surface area contributed by atoms with Crippen LogP contribution in [0, 0.1) is 11.7 Å². The zero-order chi connectivity index (χ0) is 13.0. The topological polar surface area (TPSA) is 15.3 Å². The van der Waals surface area contributed by atoms with Crippen LogP contribution in [-0.2, 0) is 0 Å². The first kappa shape index (κ1) is 16.4. The van der Waals surface area contributed by atoms with Gasteiger partial charge in [0.1, 0.15) is 5.82 Å². The molecule has 0 aliphatic carbocycles. The standard InChI is InChI=1S/C15H23FN2.ClH/c1-12(2)10-15(18-8-6-17-7-9-18)13-4-3-5-14(16)11-13;/h3-5,11-12,15,17H,6-10H2,1-2H3;1H/t15-;/m0./s1. The molecule has 1 heterocycles. The molecule has 1 aromatic carbocycles. The lowest BCUT2D eigenvalue weighted by Gasteiger charge is -2.36. The fourth-order valence-electron chi connectivity index (χ4n) is 2.65. The maximum atomic E-state index is 13.4. The second-order valence-corrected chi connectivity index (χ2v) is 5.49. The van der Waals surface area contributed by atoms with Gasteiger partial charge in [-0.05, 0) is 30.0 Å². The molecule has 0 spiro atoms. The summed E-state index contributed by atoms with van der Waals surface area (Å²) in [6.07, 6.45) is 1.09. The number of nitrogens with one attached hydrogen (secondary N) is 1. The van der Waals surface area contributed by atoms with Crippen LogP contribution in [0.25, 0.3) is 0 Å². The van der Waals surface area contributed by atoms with Gasteiger partial charge in [-0.25, -0.2) is 4.39 Å². The largest absolute Gasteiger partial charge is 0.314 e. The molecule has 0 bridgehead atoms. The molecular formula is C15H24ClFN2. The van der Waals surface area contributed by atoms with Crippen molar-refractivity contribution in [1.82, 2.24) is 10.2 Å². The molecule has 108 valence electrons. The molecule has 0 aromatic heterocycles. The molecule has 1 aliphatic rings. The average molecular weight is 287 g/mol. The molecule has 0 radical (unpaired) electrons. The highest BCUT2D eigenvalue weighted by molar-refractivity contribution is 5.85. The Hall–Kier alpha value is -0.640. The van der Waals surface area contributed by atoms with E-state index in [4.69, 9.17) is 0 Å². The number of nitrogens with zero attached hydrogens (tertiary/aromatic N) is 1. The van der Waals surface area contributed by atoms with Gasteiger partial charge in [-0.3, -0.25) is 4.90 Å². The first-order valence-electron chi connectivity index (χ1n) is 6.87. The minimum Gasteiger partial charge on any atom is -0.314 e. The fraction of sp³-hybridized carbons (Fsp3) is 0.600. The third-order valence-corrected chi connectivity index (χ3v) is 3.52. The molecule has 1 aliphatic heterocycles. The fourth-order valence-corrected chi connectivity index (χ4v) is 2.65. The Balaban J connectivity index is 0.00000180. The van der Waals surface area contributed by atoms with Gasteiger partial charge in [0.05, 0.1) is 0 Å². The van der Waals surface area contributed by atoms with Gasteiger partial charge in [-0.15, -0.1) is 12.4 Å². The number of halogens is 2. The van der Waals surface area contributed by atoms with E-state index >= 15 is 0 Å². The third kappa shape index (κ3) is 4.75. The minimum absolute atomic E-state index is 0. The first-order valence-corrected chi connectivity index (χ1v) is 6.87. The molecule has 1 aromatic rings. The molecule has 1 N–H and O–H groups in total. The summed E-state index contributed by atoms with van der Waals surface area (Å²) in [4.78, 5) is 2.48. The van der Waals surface area contributed by atoms with Crippen LogP contribution in [0.2, 0.25) is 0 Å². The Labute approximate surface area is 121 Å². The Morgan fingerprint density at radius 1 is 1.26 bits per heavy atom. The van der Waals surface area contributed by atoms with E-state index in [0.29, 0.717) is 12.0 Å². The number of piperazine rings is 1. The van der Waals surface area contributed by atoms with Crippen LogP contribution < -0.4 is 5.32 Å². The normalized spacial score (nSPS) is 18.1. The molecule has 1 saturated heterocycles. The van der Waals surface area contributed by atoms with Crippen molar-refractivity contribution >= 4 is 12.4 Å². The second-order valence-electron chi connectivity index (χ2n) is 5.49. The molecule has 0 unspecified atom stereocenters. The number of rotatable bonds is 4. The van der Waals surface area contributed by atoms with E-state index in [0.717, 1.165) is 38.2 Å². The van der Waals surface area contributed by atoms with Gasteiger partial charge in [-0.1, -0.05) is 26.0 Å². The van der Waals surface area contributed by atoms with Crippen LogP contribution in [0.4, 0.5) is 4.39 Å². The van der Waals surface area contributed by atoms with Gasteiger partial charge in [-0.2, -0.15) is 0 Å². The average Bonchev–Trinajstić information content (AvgIpc) is 2.37. The molecule has 0 saturated carbocycles. The van der Waals surface area contributed by atoms with Crippen LogP contribution in [-0.4, -0.2) is 31.1 Å². The summed E-state index contributed by atoms with van der Waals surface area (Å²) in [6, 6.07) is 7.43. The first-order chi connectivity index (χ1) is 8.66. The smallest absolute Gasteiger partial charge is 0.123 e. The van der Waals surface area contributed by atoms with Crippen molar-refractivity contribution in [2.24, 2.45) is 5.92 Å². The van der Waals surface area contributed by atoms with Crippen LogP contribution in [0.5, 0.6) is 0 Å². The van der Waals surface area contributed by atoms with Crippen molar-refractivity contribution < 1.29 is 4.39 Å². The summed E-state index contributed by atoms with van der Waals surface area (Å²) in [7, 11) is 0. The van der Waals surface area contributed by atoms with Crippen molar-refractivity contribution in [1.29, 1.82) is 0 Å². The molecule has 2 nitrogen and oxygen atoms in total. The molecule has 2 rings (SSSR count). The zero-order valence-corrected chi connectivity index (χ0v) is 12.5. The molecule has 1 atom stereocenters. The summed E-state index contributed by atoms with van der Waals surface area (Å²) in [5.41, 5.74) is 1.12. The van der Waals surface area contributed by atoms with Crippen molar-refractivity contribution in [3.8, 4) is 0 Å². The predicted molar refractivity (Wildman–Crippen MR) is 80.3 cm³/mol. The minimum atomic E-state index is -0.128. The lowest BCUT2D eigenvalue weighted by atomic mass is 9.95. The highest BCUT2D eigenvalue weighted by atomic mass is 35.5. The lowest BCUT2D eigenvalue weighted by molar-refractivity contribution is 0.154. The van der Waals surface area contributed by atoms with Crippen molar-refractivity contribution in [2.45, 2.75) is 26.3 Å². The van der Waals surface area contributed by atoms with E-state index in [1.165, 1.54) is 6.07 Å². The molecule has 4 heteroatoms. The van der Waals surface area contributed by atoms with Gasteiger partial charge in [0.15, 0.2) is 0 Å². The number of hydrogen-bond acceptors (Lipinski definition) is 2. The summed E-state index contributed by atoms with van der Waals surface area (Å²) < 4.78 is 13.4. The zero-order valence-electron chi connectivity index (χ0n) is 11.7. The van der Waals surface area contributed by atoms with Crippen LogP contribution in [0.15, 0.2) is 24.3 Å². The predicted octanol–water partition coefficient (Wildman–Crippen LogP) is 3.24. The van der Waals surface area contributed by atoms with Crippen LogP contribution >= 0.6 is 12.4 Å². The van der Waals surface area contributed by atoms with Crippen LogP contribution in [0.3, 0.4) is 0 Å². The van der Waals surface area contributed by atoms with E-state index in [1.54, 1.807) is 6.07 Å². The molecule has 1 fully saturated rings. The Morgan fingerprint density at radius 2 is 1.95 bits per heavy atom. The van der Waals surface area contributed by atoms with Gasteiger partial charge in [0.25, 0.3) is 0 Å². The molecule has 0 amide bonds. The number of benzene rings is 1. The highest BCUT2D eigenvalue weighted by Crippen LogP contribution is 2.28. The Bertz CT molecular complexity index is 378. The van der Waals surface area contributed by atoms with E-state index in [9.17, 15) is 4.39 Å². The Kier molecular flexibility index (Phi) is 6.76. The monoisotopic (exact) mass is 286 g/mol. The third-order valence-electron chi connectivity index (χ3n) is 3.52. The lowest BCUT2D eigenvalue weighted by Crippen LogP contribution is -2.45. The number of hydrogen-bond donors (Lipinski definition) is 1. The quantitative estimate of drug-likeness (QED) is 0.914.